The number of aromatic nitrogens is 2. The molecule has 0 saturated heterocycles. The second-order valence-electron chi connectivity index (χ2n) is 9.01. The molecule has 1 aromatic heterocycles. The number of ether oxygens (including phenoxy) is 1. The van der Waals surface area contributed by atoms with Gasteiger partial charge in [0.05, 0.1) is 23.5 Å². The first-order valence-corrected chi connectivity index (χ1v) is 11.9. The fraction of sp³-hybridized carbons (Fsp3) is 0.286. The zero-order valence-electron chi connectivity index (χ0n) is 20.7. The molecule has 0 unspecified atom stereocenters. The van der Waals surface area contributed by atoms with Crippen molar-refractivity contribution >= 4 is 29.5 Å². The van der Waals surface area contributed by atoms with Crippen LogP contribution in [0.5, 0.6) is 0 Å². The number of nitrogens with one attached hydrogen (secondary N) is 2. The Balaban J connectivity index is 1.31. The zero-order valence-corrected chi connectivity index (χ0v) is 20.7. The van der Waals surface area contributed by atoms with Gasteiger partial charge in [-0.25, -0.2) is 4.79 Å². The van der Waals surface area contributed by atoms with Gasteiger partial charge in [0, 0.05) is 23.4 Å². The molecule has 0 atom stereocenters. The summed E-state index contributed by atoms with van der Waals surface area (Å²) in [6.45, 7) is 6.04. The van der Waals surface area contributed by atoms with Gasteiger partial charge in [0.1, 0.15) is 0 Å². The van der Waals surface area contributed by atoms with E-state index in [0.717, 1.165) is 35.4 Å². The number of esters is 1. The second-order valence-corrected chi connectivity index (χ2v) is 9.01. The summed E-state index contributed by atoms with van der Waals surface area (Å²) in [7, 11) is 0. The van der Waals surface area contributed by atoms with E-state index < -0.39 is 18.5 Å². The van der Waals surface area contributed by atoms with E-state index in [1.807, 2.05) is 25.5 Å². The average Bonchev–Trinajstić information content (AvgIpc) is 3.63. The number of carbonyl (C=O) groups is 3. The fourth-order valence-corrected chi connectivity index (χ4v) is 3.78. The van der Waals surface area contributed by atoms with Crippen molar-refractivity contribution in [3.63, 3.8) is 0 Å². The van der Waals surface area contributed by atoms with Crippen LogP contribution < -0.4 is 10.6 Å². The highest BCUT2D eigenvalue weighted by atomic mass is 16.5. The summed E-state index contributed by atoms with van der Waals surface area (Å²) < 4.78 is 7.00. The molecule has 8 nitrogen and oxygen atoms in total. The summed E-state index contributed by atoms with van der Waals surface area (Å²) >= 11 is 0. The van der Waals surface area contributed by atoms with Crippen LogP contribution in [0.1, 0.15) is 51.3 Å². The molecule has 0 bridgehead atoms. The van der Waals surface area contributed by atoms with Crippen molar-refractivity contribution in [1.82, 2.24) is 15.1 Å². The quantitative estimate of drug-likeness (QED) is 0.352. The highest BCUT2D eigenvalue weighted by Gasteiger charge is 2.25. The monoisotopic (exact) mass is 486 g/mol. The van der Waals surface area contributed by atoms with Crippen LogP contribution in [-0.4, -0.2) is 40.2 Å². The van der Waals surface area contributed by atoms with Gasteiger partial charge in [-0.15, -0.1) is 0 Å². The van der Waals surface area contributed by atoms with Crippen LogP contribution >= 0.6 is 0 Å². The molecule has 0 radical (unpaired) electrons. The van der Waals surface area contributed by atoms with Crippen LogP contribution in [0.15, 0.2) is 54.6 Å². The number of aryl methyl sites for hydroxylation is 2. The normalized spacial score (nSPS) is 13.0. The molecule has 2 amide bonds. The zero-order chi connectivity index (χ0) is 25.7. The Hall–Kier alpha value is -4.20. The number of hydrogen-bond acceptors (Lipinski definition) is 5. The second kappa shape index (κ2) is 11.0. The standard InChI is InChI=1S/C28H30N4O4/c1-18-8-10-21(11-9-18)16-32-20(3)23(19(2)31-32)14-15-27(34)36-17-26(33)30-25-7-5-4-6-24(25)28(35)29-22-12-13-22/h4-11,14-15,22H,12-13,16-17H2,1-3H3,(H,29,35)(H,30,33). The molecule has 186 valence electrons. The Morgan fingerprint density at radius 3 is 2.50 bits per heavy atom. The van der Waals surface area contributed by atoms with Crippen LogP contribution in [-0.2, 0) is 20.9 Å². The van der Waals surface area contributed by atoms with Crippen LogP contribution in [0.25, 0.3) is 6.08 Å². The maximum Gasteiger partial charge on any atom is 0.331 e. The maximum absolute atomic E-state index is 12.4. The Morgan fingerprint density at radius 2 is 1.78 bits per heavy atom. The molecule has 1 saturated carbocycles. The number of para-hydroxylation sites is 1. The highest BCUT2D eigenvalue weighted by molar-refractivity contribution is 6.04. The molecule has 3 aromatic rings. The van der Waals surface area contributed by atoms with Gasteiger partial charge in [0.25, 0.3) is 11.8 Å². The van der Waals surface area contributed by atoms with Gasteiger partial charge in [-0.05, 0) is 57.4 Å². The van der Waals surface area contributed by atoms with Crippen molar-refractivity contribution in [3.05, 3.63) is 88.2 Å². The summed E-state index contributed by atoms with van der Waals surface area (Å²) in [6, 6.07) is 15.2. The average molecular weight is 487 g/mol. The molecule has 1 heterocycles. The third-order valence-corrected chi connectivity index (χ3v) is 5.98. The molecule has 2 N–H and O–H groups in total. The molecule has 0 spiro atoms. The highest BCUT2D eigenvalue weighted by Crippen LogP contribution is 2.22. The number of hydrogen-bond donors (Lipinski definition) is 2. The van der Waals surface area contributed by atoms with E-state index in [1.54, 1.807) is 30.3 Å². The first kappa shape index (κ1) is 24.9. The van der Waals surface area contributed by atoms with E-state index in [1.165, 1.54) is 11.6 Å². The number of benzene rings is 2. The predicted molar refractivity (Wildman–Crippen MR) is 138 cm³/mol. The Morgan fingerprint density at radius 1 is 1.06 bits per heavy atom. The lowest BCUT2D eigenvalue weighted by atomic mass is 10.1. The van der Waals surface area contributed by atoms with Gasteiger partial charge in [0.15, 0.2) is 6.61 Å². The third kappa shape index (κ3) is 6.47. The topological polar surface area (TPSA) is 102 Å². The number of amides is 2. The van der Waals surface area contributed by atoms with E-state index in [9.17, 15) is 14.4 Å². The molecule has 8 heteroatoms. The molecule has 36 heavy (non-hydrogen) atoms. The molecular formula is C28H30N4O4. The van der Waals surface area contributed by atoms with Gasteiger partial charge in [0.2, 0.25) is 0 Å². The third-order valence-electron chi connectivity index (χ3n) is 5.98. The van der Waals surface area contributed by atoms with E-state index in [-0.39, 0.29) is 11.9 Å². The molecule has 2 aromatic carbocycles. The van der Waals surface area contributed by atoms with Crippen LogP contribution in [0.2, 0.25) is 0 Å². The van der Waals surface area contributed by atoms with E-state index in [2.05, 4.69) is 40.0 Å². The molecular weight excluding hydrogens is 456 g/mol. The van der Waals surface area contributed by atoms with E-state index >= 15 is 0 Å². The van der Waals surface area contributed by atoms with Gasteiger partial charge in [-0.3, -0.25) is 14.3 Å². The number of rotatable bonds is 9. The van der Waals surface area contributed by atoms with Crippen LogP contribution in [0, 0.1) is 20.8 Å². The van der Waals surface area contributed by atoms with Crippen molar-refractivity contribution in [2.45, 2.75) is 46.2 Å². The SMILES string of the molecule is Cc1ccc(Cn2nc(C)c(C=CC(=O)OCC(=O)Nc3ccccc3C(=O)NC3CC3)c2C)cc1. The Kier molecular flexibility index (Phi) is 7.63. The minimum absolute atomic E-state index is 0.205. The van der Waals surface area contributed by atoms with Crippen LogP contribution in [0.3, 0.4) is 0 Å². The number of nitrogens with zero attached hydrogens (tertiary/aromatic N) is 2. The summed E-state index contributed by atoms with van der Waals surface area (Å²) in [5.41, 5.74) is 5.64. The number of carbonyl (C=O) groups excluding carboxylic acids is 3. The fourth-order valence-electron chi connectivity index (χ4n) is 3.78. The number of anilines is 1. The van der Waals surface area contributed by atoms with Gasteiger partial charge in [-0.2, -0.15) is 5.10 Å². The van der Waals surface area contributed by atoms with Crippen molar-refractivity contribution in [1.29, 1.82) is 0 Å². The lowest BCUT2D eigenvalue weighted by molar-refractivity contribution is -0.142. The minimum Gasteiger partial charge on any atom is -0.452 e. The Bertz CT molecular complexity index is 1300. The van der Waals surface area contributed by atoms with Gasteiger partial charge >= 0.3 is 5.97 Å². The lowest BCUT2D eigenvalue weighted by Crippen LogP contribution is -2.27. The summed E-state index contributed by atoms with van der Waals surface area (Å²) in [5.74, 6) is -1.40. The first-order valence-electron chi connectivity index (χ1n) is 11.9. The van der Waals surface area contributed by atoms with E-state index in [0.29, 0.717) is 17.8 Å². The minimum atomic E-state index is -0.644. The molecule has 1 aliphatic rings. The van der Waals surface area contributed by atoms with Gasteiger partial charge in [-0.1, -0.05) is 42.0 Å². The lowest BCUT2D eigenvalue weighted by Gasteiger charge is -2.11. The van der Waals surface area contributed by atoms with Crippen molar-refractivity contribution < 1.29 is 19.1 Å². The molecule has 0 aliphatic heterocycles. The summed E-state index contributed by atoms with van der Waals surface area (Å²) in [4.78, 5) is 37.0. The molecule has 4 rings (SSSR count). The predicted octanol–water partition coefficient (Wildman–Crippen LogP) is 3.94. The van der Waals surface area contributed by atoms with Gasteiger partial charge < -0.3 is 15.4 Å². The maximum atomic E-state index is 12.4. The smallest absolute Gasteiger partial charge is 0.331 e. The van der Waals surface area contributed by atoms with Crippen molar-refractivity contribution in [2.75, 3.05) is 11.9 Å². The summed E-state index contributed by atoms with van der Waals surface area (Å²) in [5, 5.41) is 10.1. The van der Waals surface area contributed by atoms with E-state index in [4.69, 9.17) is 4.74 Å². The largest absolute Gasteiger partial charge is 0.452 e. The molecule has 1 aliphatic carbocycles. The van der Waals surface area contributed by atoms with Crippen LogP contribution in [0.4, 0.5) is 5.69 Å². The van der Waals surface area contributed by atoms with Crippen molar-refractivity contribution in [2.24, 2.45) is 0 Å². The summed E-state index contributed by atoms with van der Waals surface area (Å²) in [6.07, 6.45) is 4.88. The molecule has 1 fully saturated rings. The first-order chi connectivity index (χ1) is 17.3. The Labute approximate surface area is 210 Å². The van der Waals surface area contributed by atoms with Crippen molar-refractivity contribution in [3.8, 4) is 0 Å².